The van der Waals surface area contributed by atoms with Crippen molar-refractivity contribution in [2.75, 3.05) is 5.32 Å². The molecule has 1 aliphatic rings. The number of para-hydroxylation sites is 1. The Balaban J connectivity index is 1.62. The molecular weight excluding hydrogens is 394 g/mol. The van der Waals surface area contributed by atoms with Crippen LogP contribution in [0.15, 0.2) is 52.4 Å². The molecule has 5 nitrogen and oxygen atoms in total. The average molecular weight is 414 g/mol. The Morgan fingerprint density at radius 2 is 2.04 bits per heavy atom. The van der Waals surface area contributed by atoms with Crippen molar-refractivity contribution < 1.29 is 4.79 Å². The van der Waals surface area contributed by atoms with Crippen molar-refractivity contribution in [1.82, 2.24) is 9.55 Å². The molecule has 0 aliphatic heterocycles. The lowest BCUT2D eigenvalue weighted by Gasteiger charge is -2.16. The maximum absolute atomic E-state index is 12.9. The van der Waals surface area contributed by atoms with E-state index in [-0.39, 0.29) is 17.5 Å². The van der Waals surface area contributed by atoms with E-state index in [9.17, 15) is 9.59 Å². The maximum atomic E-state index is 12.9. The molecule has 2 aromatic carbocycles. The van der Waals surface area contributed by atoms with Crippen LogP contribution in [0.4, 0.5) is 5.69 Å². The Labute approximate surface area is 172 Å². The van der Waals surface area contributed by atoms with Crippen molar-refractivity contribution in [2.45, 2.75) is 43.1 Å². The Bertz CT molecular complexity index is 1120. The zero-order valence-corrected chi connectivity index (χ0v) is 17.2. The van der Waals surface area contributed by atoms with Gasteiger partial charge in [0.05, 0.1) is 16.2 Å². The number of halogens is 1. The van der Waals surface area contributed by atoms with E-state index in [0.29, 0.717) is 26.8 Å². The standard InChI is InChI=1S/C21H20ClN3O2S/c1-12-7-8-14(22)11-18(12)23-19(26)13(2)28-21-24-17-6-4-3-5-16(17)20(27)25(21)15-9-10-15/h3-8,11,13,15H,9-10H2,1-2H3,(H,23,26)/t13-/m0/s1. The largest absolute Gasteiger partial charge is 0.325 e. The predicted octanol–water partition coefficient (Wildman–Crippen LogP) is 4.81. The van der Waals surface area contributed by atoms with Crippen LogP contribution < -0.4 is 10.9 Å². The van der Waals surface area contributed by atoms with E-state index in [4.69, 9.17) is 11.6 Å². The predicted molar refractivity (Wildman–Crippen MR) is 114 cm³/mol. The molecule has 0 radical (unpaired) electrons. The van der Waals surface area contributed by atoms with Gasteiger partial charge in [0.25, 0.3) is 5.56 Å². The fourth-order valence-corrected chi connectivity index (χ4v) is 4.19. The number of anilines is 1. The van der Waals surface area contributed by atoms with Gasteiger partial charge in [0.15, 0.2) is 5.16 Å². The summed E-state index contributed by atoms with van der Waals surface area (Å²) in [7, 11) is 0. The highest BCUT2D eigenvalue weighted by atomic mass is 35.5. The number of fused-ring (bicyclic) bond motifs is 1. The Morgan fingerprint density at radius 3 is 2.79 bits per heavy atom. The fourth-order valence-electron chi connectivity index (χ4n) is 3.04. The lowest BCUT2D eigenvalue weighted by molar-refractivity contribution is -0.115. The Kier molecular flexibility index (Phi) is 5.17. The number of nitrogens with zero attached hydrogens (tertiary/aromatic N) is 2. The molecule has 0 spiro atoms. The third kappa shape index (κ3) is 3.80. The van der Waals surface area contributed by atoms with Crippen LogP contribution >= 0.6 is 23.4 Å². The van der Waals surface area contributed by atoms with Gasteiger partial charge in [-0.1, -0.05) is 41.6 Å². The highest BCUT2D eigenvalue weighted by molar-refractivity contribution is 8.00. The molecule has 1 saturated carbocycles. The summed E-state index contributed by atoms with van der Waals surface area (Å²) in [6, 6.07) is 12.9. The number of aryl methyl sites for hydroxylation is 1. The van der Waals surface area contributed by atoms with E-state index < -0.39 is 5.25 Å². The van der Waals surface area contributed by atoms with Crippen molar-refractivity contribution in [1.29, 1.82) is 0 Å². The summed E-state index contributed by atoms with van der Waals surface area (Å²) in [5.41, 5.74) is 2.25. The highest BCUT2D eigenvalue weighted by Gasteiger charge is 2.30. The van der Waals surface area contributed by atoms with Crippen molar-refractivity contribution in [3.63, 3.8) is 0 Å². The molecule has 1 fully saturated rings. The molecule has 28 heavy (non-hydrogen) atoms. The molecule has 1 atom stereocenters. The monoisotopic (exact) mass is 413 g/mol. The number of aromatic nitrogens is 2. The molecule has 7 heteroatoms. The van der Waals surface area contributed by atoms with Gasteiger partial charge in [0.2, 0.25) is 5.91 Å². The number of thioether (sulfide) groups is 1. The molecule has 1 heterocycles. The van der Waals surface area contributed by atoms with E-state index in [1.165, 1.54) is 11.8 Å². The first-order chi connectivity index (χ1) is 13.4. The minimum atomic E-state index is -0.420. The van der Waals surface area contributed by atoms with E-state index in [0.717, 1.165) is 18.4 Å². The van der Waals surface area contributed by atoms with Crippen LogP contribution in [0.3, 0.4) is 0 Å². The minimum Gasteiger partial charge on any atom is -0.325 e. The van der Waals surface area contributed by atoms with E-state index in [2.05, 4.69) is 10.3 Å². The van der Waals surface area contributed by atoms with Crippen molar-refractivity contribution in [3.05, 3.63) is 63.4 Å². The minimum absolute atomic E-state index is 0.0334. The zero-order chi connectivity index (χ0) is 19.8. The quantitative estimate of drug-likeness (QED) is 0.481. The van der Waals surface area contributed by atoms with E-state index in [1.807, 2.05) is 38.1 Å². The summed E-state index contributed by atoms with van der Waals surface area (Å²) in [6.45, 7) is 3.73. The second kappa shape index (κ2) is 7.60. The van der Waals surface area contributed by atoms with Crippen LogP contribution in [0, 0.1) is 6.92 Å². The van der Waals surface area contributed by atoms with Gasteiger partial charge in [-0.15, -0.1) is 0 Å². The first-order valence-corrected chi connectivity index (χ1v) is 10.4. The van der Waals surface area contributed by atoms with Gasteiger partial charge in [0, 0.05) is 16.8 Å². The van der Waals surface area contributed by atoms with Gasteiger partial charge in [0.1, 0.15) is 0 Å². The number of benzene rings is 2. The summed E-state index contributed by atoms with van der Waals surface area (Å²) >= 11 is 7.35. The number of amides is 1. The number of nitrogens with one attached hydrogen (secondary N) is 1. The molecule has 1 N–H and O–H groups in total. The second-order valence-corrected chi connectivity index (χ2v) is 8.77. The van der Waals surface area contributed by atoms with Gasteiger partial charge in [-0.3, -0.25) is 14.2 Å². The summed E-state index contributed by atoms with van der Waals surface area (Å²) < 4.78 is 1.75. The highest BCUT2D eigenvalue weighted by Crippen LogP contribution is 2.37. The van der Waals surface area contributed by atoms with Crippen LogP contribution in [0.5, 0.6) is 0 Å². The SMILES string of the molecule is Cc1ccc(Cl)cc1NC(=O)[C@H](C)Sc1nc2ccccc2c(=O)n1C1CC1. The summed E-state index contributed by atoms with van der Waals surface area (Å²) in [5, 5.41) is 4.29. The van der Waals surface area contributed by atoms with Crippen molar-refractivity contribution in [3.8, 4) is 0 Å². The zero-order valence-electron chi connectivity index (χ0n) is 15.6. The number of carbonyl (C=O) groups is 1. The number of hydrogen-bond donors (Lipinski definition) is 1. The van der Waals surface area contributed by atoms with E-state index >= 15 is 0 Å². The molecule has 3 aromatic rings. The van der Waals surface area contributed by atoms with Crippen LogP contribution in [0.1, 0.15) is 31.4 Å². The molecule has 144 valence electrons. The number of rotatable bonds is 5. The van der Waals surface area contributed by atoms with Crippen LogP contribution in [0.2, 0.25) is 5.02 Å². The van der Waals surface area contributed by atoms with Crippen molar-refractivity contribution >= 4 is 45.9 Å². The second-order valence-electron chi connectivity index (χ2n) is 7.03. The Hall–Kier alpha value is -2.31. The van der Waals surface area contributed by atoms with Gasteiger partial charge in [-0.2, -0.15) is 0 Å². The van der Waals surface area contributed by atoms with Crippen molar-refractivity contribution in [2.24, 2.45) is 0 Å². The molecule has 0 bridgehead atoms. The molecule has 1 aromatic heterocycles. The summed E-state index contributed by atoms with van der Waals surface area (Å²) in [4.78, 5) is 30.4. The topological polar surface area (TPSA) is 64.0 Å². The van der Waals surface area contributed by atoms with Gasteiger partial charge < -0.3 is 5.32 Å². The molecular formula is C21H20ClN3O2S. The van der Waals surface area contributed by atoms with Crippen LogP contribution in [-0.4, -0.2) is 20.7 Å². The molecule has 1 amide bonds. The smallest absolute Gasteiger partial charge is 0.262 e. The average Bonchev–Trinajstić information content (AvgIpc) is 3.50. The van der Waals surface area contributed by atoms with E-state index in [1.54, 1.807) is 22.8 Å². The molecule has 0 saturated heterocycles. The summed E-state index contributed by atoms with van der Waals surface area (Å²) in [5.74, 6) is -0.153. The molecule has 1 aliphatic carbocycles. The molecule has 0 unspecified atom stereocenters. The van der Waals surface area contributed by atoms with Crippen LogP contribution in [-0.2, 0) is 4.79 Å². The van der Waals surface area contributed by atoms with Gasteiger partial charge >= 0.3 is 0 Å². The molecule has 4 rings (SSSR count). The normalized spacial score (nSPS) is 14.8. The fraction of sp³-hybridized carbons (Fsp3) is 0.286. The third-order valence-electron chi connectivity index (χ3n) is 4.80. The van der Waals surface area contributed by atoms with Gasteiger partial charge in [-0.05, 0) is 56.5 Å². The first kappa shape index (κ1) is 19.0. The lowest BCUT2D eigenvalue weighted by atomic mass is 10.2. The summed E-state index contributed by atoms with van der Waals surface area (Å²) in [6.07, 6.45) is 1.94. The Morgan fingerprint density at radius 1 is 1.29 bits per heavy atom. The van der Waals surface area contributed by atoms with Gasteiger partial charge in [-0.25, -0.2) is 4.98 Å². The van der Waals surface area contributed by atoms with Crippen LogP contribution in [0.25, 0.3) is 10.9 Å². The lowest BCUT2D eigenvalue weighted by Crippen LogP contribution is -2.26. The number of carbonyl (C=O) groups excluding carboxylic acids is 1. The third-order valence-corrected chi connectivity index (χ3v) is 6.10. The number of hydrogen-bond acceptors (Lipinski definition) is 4. The first-order valence-electron chi connectivity index (χ1n) is 9.19. The maximum Gasteiger partial charge on any atom is 0.262 e.